The Labute approximate surface area is 325 Å². The molecule has 1 fully saturated rings. The number of amides is 1. The molecule has 0 aromatic rings. The Balaban J connectivity index is 2.60. The first-order chi connectivity index (χ1) is 25.9. The van der Waals surface area contributed by atoms with Crippen LogP contribution in [0.15, 0.2) is 36.5 Å². The van der Waals surface area contributed by atoms with Crippen molar-refractivity contribution in [2.75, 3.05) is 13.2 Å². The summed E-state index contributed by atoms with van der Waals surface area (Å²) in [5, 5.41) is 54.7. The third-order valence-corrected chi connectivity index (χ3v) is 9.97. The fourth-order valence-electron chi connectivity index (χ4n) is 6.16. The lowest BCUT2D eigenvalue weighted by Crippen LogP contribution is -2.61. The van der Waals surface area contributed by atoms with Crippen LogP contribution in [0.5, 0.6) is 0 Å². The van der Waals surface area contributed by atoms with Gasteiger partial charge in [-0.3, -0.25) is 9.35 Å². The molecule has 1 aliphatic heterocycles. The van der Waals surface area contributed by atoms with Crippen LogP contribution in [0.3, 0.4) is 0 Å². The monoisotopic (exact) mass is 791 g/mol. The quantitative estimate of drug-likeness (QED) is 0.0241. The molecular formula is C40H73NO12S. The highest BCUT2D eigenvalue weighted by molar-refractivity contribution is 7.80. The molecule has 1 saturated heterocycles. The van der Waals surface area contributed by atoms with E-state index in [9.17, 15) is 38.7 Å². The molecule has 8 atom stereocenters. The molecule has 1 amide bonds. The molecule has 8 unspecified atom stereocenters. The summed E-state index contributed by atoms with van der Waals surface area (Å²) < 4.78 is 47.2. The summed E-state index contributed by atoms with van der Waals surface area (Å²) >= 11 is 0. The number of carbonyl (C=O) groups is 1. The zero-order valence-electron chi connectivity index (χ0n) is 32.9. The third kappa shape index (κ3) is 24.0. The number of hydrogen-bond donors (Lipinski definition) is 7. The van der Waals surface area contributed by atoms with Gasteiger partial charge in [-0.15, -0.1) is 0 Å². The van der Waals surface area contributed by atoms with Crippen molar-refractivity contribution >= 4 is 16.3 Å². The van der Waals surface area contributed by atoms with Gasteiger partial charge in [0.05, 0.1) is 25.4 Å². The van der Waals surface area contributed by atoms with Crippen molar-refractivity contribution in [3.8, 4) is 0 Å². The van der Waals surface area contributed by atoms with Gasteiger partial charge < -0.3 is 40.3 Å². The molecule has 1 aliphatic rings. The van der Waals surface area contributed by atoms with Gasteiger partial charge in [-0.25, -0.2) is 4.18 Å². The van der Waals surface area contributed by atoms with Gasteiger partial charge in [-0.05, 0) is 51.4 Å². The van der Waals surface area contributed by atoms with E-state index >= 15 is 0 Å². The highest BCUT2D eigenvalue weighted by atomic mass is 32.3. The number of hydrogen-bond acceptors (Lipinski definition) is 11. The van der Waals surface area contributed by atoms with Crippen molar-refractivity contribution in [2.24, 2.45) is 0 Å². The zero-order chi connectivity index (χ0) is 40.0. The summed E-state index contributed by atoms with van der Waals surface area (Å²) in [6, 6.07) is -1.14. The minimum Gasteiger partial charge on any atom is -0.394 e. The highest BCUT2D eigenvalue weighted by Gasteiger charge is 2.48. The van der Waals surface area contributed by atoms with E-state index < -0.39 is 78.5 Å². The largest absolute Gasteiger partial charge is 0.397 e. The Morgan fingerprint density at radius 1 is 0.741 bits per heavy atom. The number of unbranched alkanes of at least 4 members (excludes halogenated alkanes) is 16. The van der Waals surface area contributed by atoms with Crippen LogP contribution in [0.2, 0.25) is 0 Å². The lowest BCUT2D eigenvalue weighted by molar-refractivity contribution is -0.298. The molecule has 0 radical (unpaired) electrons. The van der Waals surface area contributed by atoms with Gasteiger partial charge in [0.2, 0.25) is 5.91 Å². The van der Waals surface area contributed by atoms with Crippen molar-refractivity contribution in [3.63, 3.8) is 0 Å². The topological polar surface area (TPSA) is 212 Å². The number of carbonyl (C=O) groups excluding carboxylic acids is 1. The molecule has 13 nitrogen and oxygen atoms in total. The van der Waals surface area contributed by atoms with E-state index in [4.69, 9.17) is 14.0 Å². The van der Waals surface area contributed by atoms with Gasteiger partial charge in [0.1, 0.15) is 30.5 Å². The van der Waals surface area contributed by atoms with Crippen LogP contribution >= 0.6 is 0 Å². The van der Waals surface area contributed by atoms with Crippen molar-refractivity contribution in [1.29, 1.82) is 0 Å². The van der Waals surface area contributed by atoms with E-state index in [2.05, 4.69) is 47.7 Å². The standard InChI is InChI=1S/C40H73NO12S/c1-3-5-7-9-11-13-14-15-16-17-18-19-20-21-23-25-27-29-34(44)39(47)41-32(33(43)28-26-24-22-12-10-8-6-4-2)31-51-40-37(46)38(53-54(48,49)50)36(45)35(30-42)52-40/h10,12,18-19,26,28,32-38,40,42-46H,3-9,11,13-17,20-25,27,29-31H2,1-2H3,(H,41,47)(H,48,49,50)/b12-10+,19-18-,28-26+. The average Bonchev–Trinajstić information content (AvgIpc) is 3.14. The minimum absolute atomic E-state index is 0.222. The second-order valence-corrected chi connectivity index (χ2v) is 15.4. The van der Waals surface area contributed by atoms with Gasteiger partial charge in [0.25, 0.3) is 0 Å². The Bertz CT molecular complexity index is 1130. The van der Waals surface area contributed by atoms with E-state index in [-0.39, 0.29) is 6.42 Å². The lowest BCUT2D eigenvalue weighted by atomic mass is 9.99. The van der Waals surface area contributed by atoms with E-state index in [0.29, 0.717) is 12.8 Å². The summed E-state index contributed by atoms with van der Waals surface area (Å²) in [7, 11) is -5.12. The van der Waals surface area contributed by atoms with Crippen molar-refractivity contribution in [1.82, 2.24) is 5.32 Å². The first kappa shape index (κ1) is 50.3. The molecule has 316 valence electrons. The van der Waals surface area contributed by atoms with E-state index in [1.807, 2.05) is 0 Å². The average molecular weight is 792 g/mol. The van der Waals surface area contributed by atoms with Crippen LogP contribution in [0.1, 0.15) is 149 Å². The molecule has 14 heteroatoms. The van der Waals surface area contributed by atoms with Crippen LogP contribution in [0.4, 0.5) is 0 Å². The van der Waals surface area contributed by atoms with E-state index in [1.54, 1.807) is 6.08 Å². The molecule has 1 rings (SSSR count). The lowest BCUT2D eigenvalue weighted by Gasteiger charge is -2.41. The number of ether oxygens (including phenoxy) is 2. The number of aliphatic hydroxyl groups excluding tert-OH is 5. The molecule has 0 bridgehead atoms. The smallest absolute Gasteiger partial charge is 0.394 e. The summed E-state index contributed by atoms with van der Waals surface area (Å²) in [6.45, 7) is 3.08. The summed E-state index contributed by atoms with van der Waals surface area (Å²) in [4.78, 5) is 13.0. The molecule has 0 aromatic heterocycles. The first-order valence-corrected chi connectivity index (χ1v) is 21.8. The Morgan fingerprint density at radius 2 is 1.26 bits per heavy atom. The number of allylic oxidation sites excluding steroid dienone is 5. The van der Waals surface area contributed by atoms with Gasteiger partial charge in [-0.2, -0.15) is 8.42 Å². The predicted molar refractivity (Wildman–Crippen MR) is 210 cm³/mol. The maximum absolute atomic E-state index is 13.0. The SMILES string of the molecule is CCCC/C=C/CC/C=C/C(O)C(COC1OC(CO)C(O)C(OS(=O)(=O)O)C1O)NC(=O)C(O)CCCCCC/C=C\CCCCCCCCCCC. The molecule has 54 heavy (non-hydrogen) atoms. The number of nitrogens with one attached hydrogen (secondary N) is 1. The van der Waals surface area contributed by atoms with Crippen LogP contribution in [-0.2, 0) is 28.9 Å². The maximum Gasteiger partial charge on any atom is 0.397 e. The highest BCUT2D eigenvalue weighted by Crippen LogP contribution is 2.26. The van der Waals surface area contributed by atoms with E-state index in [1.165, 1.54) is 63.9 Å². The summed E-state index contributed by atoms with van der Waals surface area (Å²) in [5.74, 6) is -0.726. The van der Waals surface area contributed by atoms with Gasteiger partial charge in [-0.1, -0.05) is 134 Å². The van der Waals surface area contributed by atoms with Gasteiger partial charge >= 0.3 is 10.4 Å². The van der Waals surface area contributed by atoms with Crippen molar-refractivity contribution in [3.05, 3.63) is 36.5 Å². The van der Waals surface area contributed by atoms with Crippen molar-refractivity contribution < 1.29 is 57.0 Å². The molecule has 1 heterocycles. The third-order valence-electron chi connectivity index (χ3n) is 9.50. The van der Waals surface area contributed by atoms with E-state index in [0.717, 1.165) is 57.8 Å². The molecule has 0 aliphatic carbocycles. The Kier molecular flexibility index (Phi) is 29.2. The van der Waals surface area contributed by atoms with Gasteiger partial charge in [0.15, 0.2) is 6.29 Å². The van der Waals surface area contributed by atoms with Crippen LogP contribution in [0, 0.1) is 0 Å². The molecule has 0 spiro atoms. The van der Waals surface area contributed by atoms with Gasteiger partial charge in [0, 0.05) is 0 Å². The Hall–Kier alpha value is -1.72. The van der Waals surface area contributed by atoms with Crippen LogP contribution in [0.25, 0.3) is 0 Å². The number of rotatable bonds is 33. The fourth-order valence-corrected chi connectivity index (χ4v) is 6.67. The second kappa shape index (κ2) is 31.4. The summed E-state index contributed by atoms with van der Waals surface area (Å²) in [6.07, 6.45) is 22.7. The maximum atomic E-state index is 13.0. The fraction of sp³-hybridized carbons (Fsp3) is 0.825. The second-order valence-electron chi connectivity index (χ2n) is 14.3. The zero-order valence-corrected chi connectivity index (χ0v) is 33.7. The Morgan fingerprint density at radius 3 is 1.83 bits per heavy atom. The molecule has 0 saturated carbocycles. The van der Waals surface area contributed by atoms with Crippen LogP contribution in [-0.4, -0.2) is 107 Å². The minimum atomic E-state index is -5.12. The first-order valence-electron chi connectivity index (χ1n) is 20.5. The molecule has 7 N–H and O–H groups in total. The molecular weight excluding hydrogens is 719 g/mol. The van der Waals surface area contributed by atoms with Crippen molar-refractivity contribution in [2.45, 2.75) is 198 Å². The number of aliphatic hydroxyl groups is 5. The van der Waals surface area contributed by atoms with Crippen LogP contribution < -0.4 is 5.32 Å². The normalized spacial score (nSPS) is 22.7. The summed E-state index contributed by atoms with van der Waals surface area (Å²) in [5.41, 5.74) is 0. The predicted octanol–water partition coefficient (Wildman–Crippen LogP) is 5.74. The molecule has 0 aromatic carbocycles.